The molecule has 0 aliphatic heterocycles. The van der Waals surface area contributed by atoms with Gasteiger partial charge in [0.2, 0.25) is 0 Å². The summed E-state index contributed by atoms with van der Waals surface area (Å²) in [6.45, 7) is 6.73. The van der Waals surface area contributed by atoms with Crippen LogP contribution < -0.4 is 5.32 Å². The van der Waals surface area contributed by atoms with E-state index in [4.69, 9.17) is 23.2 Å². The van der Waals surface area contributed by atoms with Gasteiger partial charge in [0, 0.05) is 19.0 Å². The van der Waals surface area contributed by atoms with Crippen LogP contribution in [-0.4, -0.2) is 22.2 Å². The Morgan fingerprint density at radius 2 is 2.11 bits per heavy atom. The SMILES string of the molecule is CCn1nc(C)c(Cl)c1CNCC1CCCC1CCl. The summed E-state index contributed by atoms with van der Waals surface area (Å²) in [6.07, 6.45) is 3.89. The van der Waals surface area contributed by atoms with E-state index >= 15 is 0 Å². The zero-order valence-electron chi connectivity index (χ0n) is 11.8. The van der Waals surface area contributed by atoms with Crippen molar-refractivity contribution in [1.82, 2.24) is 15.1 Å². The van der Waals surface area contributed by atoms with Crippen LogP contribution in [-0.2, 0) is 13.1 Å². The first kappa shape index (κ1) is 15.1. The molecule has 1 aliphatic carbocycles. The maximum Gasteiger partial charge on any atom is 0.0860 e. The third-order valence-corrected chi connectivity index (χ3v) is 5.05. The molecule has 1 heterocycles. The number of alkyl halides is 1. The van der Waals surface area contributed by atoms with Gasteiger partial charge in [-0.1, -0.05) is 18.0 Å². The highest BCUT2D eigenvalue weighted by atomic mass is 35.5. The van der Waals surface area contributed by atoms with Crippen LogP contribution in [0.15, 0.2) is 0 Å². The van der Waals surface area contributed by atoms with E-state index in [1.165, 1.54) is 19.3 Å². The summed E-state index contributed by atoms with van der Waals surface area (Å²) in [5, 5.41) is 8.77. The largest absolute Gasteiger partial charge is 0.311 e. The standard InChI is InChI=1S/C14H23Cl2N3/c1-3-19-13(14(16)10(2)18-19)9-17-8-12-6-4-5-11(12)7-15/h11-12,17H,3-9H2,1-2H3. The van der Waals surface area contributed by atoms with E-state index in [0.717, 1.165) is 47.8 Å². The summed E-state index contributed by atoms with van der Waals surface area (Å²) in [7, 11) is 0. The number of aryl methyl sites for hydroxylation is 2. The van der Waals surface area contributed by atoms with E-state index < -0.39 is 0 Å². The number of aromatic nitrogens is 2. The molecule has 2 rings (SSSR count). The molecule has 1 saturated carbocycles. The van der Waals surface area contributed by atoms with Crippen LogP contribution >= 0.6 is 23.2 Å². The molecule has 0 radical (unpaired) electrons. The minimum Gasteiger partial charge on any atom is -0.311 e. The minimum absolute atomic E-state index is 0.683. The molecule has 0 saturated heterocycles. The van der Waals surface area contributed by atoms with Gasteiger partial charge in [0.25, 0.3) is 0 Å². The number of halogens is 2. The number of hydrogen-bond donors (Lipinski definition) is 1. The monoisotopic (exact) mass is 303 g/mol. The van der Waals surface area contributed by atoms with Gasteiger partial charge in [0.1, 0.15) is 0 Å². The summed E-state index contributed by atoms with van der Waals surface area (Å²) in [5.41, 5.74) is 2.02. The lowest BCUT2D eigenvalue weighted by Gasteiger charge is -2.18. The topological polar surface area (TPSA) is 29.9 Å². The lowest BCUT2D eigenvalue weighted by atomic mass is 9.98. The zero-order chi connectivity index (χ0) is 13.8. The molecular weight excluding hydrogens is 281 g/mol. The number of rotatable bonds is 6. The third-order valence-electron chi connectivity index (χ3n) is 4.17. The molecule has 1 aromatic rings. The third kappa shape index (κ3) is 3.45. The first-order valence-corrected chi connectivity index (χ1v) is 8.07. The Morgan fingerprint density at radius 3 is 2.79 bits per heavy atom. The molecule has 1 fully saturated rings. The van der Waals surface area contributed by atoms with Gasteiger partial charge in [-0.2, -0.15) is 5.10 Å². The van der Waals surface area contributed by atoms with Crippen molar-refractivity contribution in [2.75, 3.05) is 12.4 Å². The molecule has 0 amide bonds. The van der Waals surface area contributed by atoms with Crippen molar-refractivity contribution in [1.29, 1.82) is 0 Å². The Bertz CT molecular complexity index is 417. The first-order valence-electron chi connectivity index (χ1n) is 7.15. The van der Waals surface area contributed by atoms with Gasteiger partial charge >= 0.3 is 0 Å². The number of nitrogens with zero attached hydrogens (tertiary/aromatic N) is 2. The van der Waals surface area contributed by atoms with Gasteiger partial charge in [0.05, 0.1) is 16.4 Å². The maximum absolute atomic E-state index is 6.30. The molecule has 0 spiro atoms. The van der Waals surface area contributed by atoms with Gasteiger partial charge < -0.3 is 5.32 Å². The van der Waals surface area contributed by atoms with Crippen molar-refractivity contribution in [2.24, 2.45) is 11.8 Å². The van der Waals surface area contributed by atoms with E-state index in [9.17, 15) is 0 Å². The highest BCUT2D eigenvalue weighted by Crippen LogP contribution is 2.32. The van der Waals surface area contributed by atoms with Gasteiger partial charge in [-0.3, -0.25) is 4.68 Å². The quantitative estimate of drug-likeness (QED) is 0.814. The lowest BCUT2D eigenvalue weighted by molar-refractivity contribution is 0.392. The van der Waals surface area contributed by atoms with Crippen molar-refractivity contribution in [3.05, 3.63) is 16.4 Å². The van der Waals surface area contributed by atoms with Crippen molar-refractivity contribution in [2.45, 2.75) is 46.2 Å². The molecule has 5 heteroatoms. The Kier molecular flexibility index (Phi) is 5.55. The molecule has 2 unspecified atom stereocenters. The number of hydrogen-bond acceptors (Lipinski definition) is 2. The Labute approximate surface area is 125 Å². The molecule has 108 valence electrons. The fourth-order valence-electron chi connectivity index (χ4n) is 3.00. The van der Waals surface area contributed by atoms with E-state index in [1.807, 2.05) is 11.6 Å². The van der Waals surface area contributed by atoms with Crippen LogP contribution in [0.1, 0.15) is 37.6 Å². The Balaban J connectivity index is 1.89. The van der Waals surface area contributed by atoms with Crippen molar-refractivity contribution in [3.8, 4) is 0 Å². The Morgan fingerprint density at radius 1 is 1.37 bits per heavy atom. The van der Waals surface area contributed by atoms with Crippen LogP contribution in [0.5, 0.6) is 0 Å². The van der Waals surface area contributed by atoms with Crippen molar-refractivity contribution >= 4 is 23.2 Å². The van der Waals surface area contributed by atoms with Crippen LogP contribution in [0.4, 0.5) is 0 Å². The summed E-state index contributed by atoms with van der Waals surface area (Å²) < 4.78 is 1.98. The summed E-state index contributed by atoms with van der Waals surface area (Å²) in [6, 6.07) is 0. The fourth-order valence-corrected chi connectivity index (χ4v) is 3.61. The van der Waals surface area contributed by atoms with Crippen molar-refractivity contribution < 1.29 is 0 Å². The molecule has 0 aromatic carbocycles. The highest BCUT2D eigenvalue weighted by molar-refractivity contribution is 6.31. The molecule has 1 aromatic heterocycles. The van der Waals surface area contributed by atoms with Crippen LogP contribution in [0.2, 0.25) is 5.02 Å². The molecule has 1 N–H and O–H groups in total. The molecule has 3 nitrogen and oxygen atoms in total. The molecule has 2 atom stereocenters. The molecular formula is C14H23Cl2N3. The summed E-state index contributed by atoms with van der Waals surface area (Å²) >= 11 is 12.3. The van der Waals surface area contributed by atoms with Gasteiger partial charge in [-0.15, -0.1) is 11.6 Å². The zero-order valence-corrected chi connectivity index (χ0v) is 13.3. The van der Waals surface area contributed by atoms with E-state index in [0.29, 0.717) is 5.92 Å². The van der Waals surface area contributed by atoms with Crippen LogP contribution in [0, 0.1) is 18.8 Å². The van der Waals surface area contributed by atoms with Gasteiger partial charge in [-0.25, -0.2) is 0 Å². The van der Waals surface area contributed by atoms with E-state index in [-0.39, 0.29) is 0 Å². The average molecular weight is 304 g/mol. The van der Waals surface area contributed by atoms with E-state index in [2.05, 4.69) is 17.3 Å². The van der Waals surface area contributed by atoms with Crippen LogP contribution in [0.3, 0.4) is 0 Å². The predicted molar refractivity (Wildman–Crippen MR) is 80.9 cm³/mol. The lowest BCUT2D eigenvalue weighted by Crippen LogP contribution is -2.26. The smallest absolute Gasteiger partial charge is 0.0860 e. The Hall–Kier alpha value is -0.250. The average Bonchev–Trinajstić information content (AvgIpc) is 2.97. The fraction of sp³-hybridized carbons (Fsp3) is 0.786. The maximum atomic E-state index is 6.30. The normalized spacial score (nSPS) is 23.2. The second-order valence-corrected chi connectivity index (χ2v) is 6.08. The highest BCUT2D eigenvalue weighted by Gasteiger charge is 2.26. The second-order valence-electron chi connectivity index (χ2n) is 5.40. The van der Waals surface area contributed by atoms with Crippen LogP contribution in [0.25, 0.3) is 0 Å². The second kappa shape index (κ2) is 6.96. The first-order chi connectivity index (χ1) is 9.17. The number of nitrogens with one attached hydrogen (secondary N) is 1. The van der Waals surface area contributed by atoms with Gasteiger partial charge in [0.15, 0.2) is 0 Å². The summed E-state index contributed by atoms with van der Waals surface area (Å²) in [4.78, 5) is 0. The predicted octanol–water partition coefficient (Wildman–Crippen LogP) is 3.61. The molecule has 0 bridgehead atoms. The van der Waals surface area contributed by atoms with Gasteiger partial charge in [-0.05, 0) is 45.1 Å². The van der Waals surface area contributed by atoms with E-state index in [1.54, 1.807) is 0 Å². The summed E-state index contributed by atoms with van der Waals surface area (Å²) in [5.74, 6) is 2.19. The molecule has 1 aliphatic rings. The minimum atomic E-state index is 0.683. The molecule has 19 heavy (non-hydrogen) atoms. The van der Waals surface area contributed by atoms with Crippen molar-refractivity contribution in [3.63, 3.8) is 0 Å².